The normalized spacial score (nSPS) is 19.7. The summed E-state index contributed by atoms with van der Waals surface area (Å²) < 4.78 is 4.66. The number of methoxy groups -OCH3 is 1. The fourth-order valence-corrected chi connectivity index (χ4v) is 2.71. The van der Waals surface area contributed by atoms with Crippen LogP contribution in [-0.4, -0.2) is 19.6 Å². The number of carbonyl (C=O) groups is 1. The minimum atomic E-state index is -0.237. The first kappa shape index (κ1) is 12.5. The Kier molecular flexibility index (Phi) is 4.57. The SMILES string of the molecule is COC(=O)c1ccc(C2CCCN2)s1.Cl. The van der Waals surface area contributed by atoms with E-state index >= 15 is 0 Å². The molecule has 0 radical (unpaired) electrons. The second kappa shape index (κ2) is 5.49. The number of ether oxygens (including phenoxy) is 1. The highest BCUT2D eigenvalue weighted by molar-refractivity contribution is 7.14. The molecule has 0 spiro atoms. The Balaban J connectivity index is 0.00000112. The maximum atomic E-state index is 11.2. The van der Waals surface area contributed by atoms with Gasteiger partial charge in [0.25, 0.3) is 0 Å². The highest BCUT2D eigenvalue weighted by Gasteiger charge is 2.19. The summed E-state index contributed by atoms with van der Waals surface area (Å²) in [4.78, 5) is 13.1. The Morgan fingerprint density at radius 2 is 2.40 bits per heavy atom. The van der Waals surface area contributed by atoms with Crippen LogP contribution >= 0.6 is 23.7 Å². The van der Waals surface area contributed by atoms with Gasteiger partial charge in [0, 0.05) is 10.9 Å². The molecule has 0 aromatic carbocycles. The van der Waals surface area contributed by atoms with E-state index < -0.39 is 0 Å². The molecule has 3 nitrogen and oxygen atoms in total. The first-order chi connectivity index (χ1) is 6.81. The Hall–Kier alpha value is -0.580. The lowest BCUT2D eigenvalue weighted by atomic mass is 10.2. The smallest absolute Gasteiger partial charge is 0.348 e. The average molecular weight is 248 g/mol. The van der Waals surface area contributed by atoms with Gasteiger partial charge in [0.05, 0.1) is 7.11 Å². The summed E-state index contributed by atoms with van der Waals surface area (Å²) in [6.07, 6.45) is 2.39. The monoisotopic (exact) mass is 247 g/mol. The van der Waals surface area contributed by atoms with Crippen molar-refractivity contribution in [2.45, 2.75) is 18.9 Å². The van der Waals surface area contributed by atoms with E-state index in [2.05, 4.69) is 10.1 Å². The quantitative estimate of drug-likeness (QED) is 0.816. The molecule has 2 heterocycles. The van der Waals surface area contributed by atoms with Crippen molar-refractivity contribution in [2.75, 3.05) is 13.7 Å². The van der Waals surface area contributed by atoms with E-state index in [0.717, 1.165) is 6.54 Å². The topological polar surface area (TPSA) is 38.3 Å². The molecule has 0 aliphatic carbocycles. The van der Waals surface area contributed by atoms with Crippen LogP contribution in [0.25, 0.3) is 0 Å². The molecule has 1 N–H and O–H groups in total. The lowest BCUT2D eigenvalue weighted by Crippen LogP contribution is -2.11. The van der Waals surface area contributed by atoms with Gasteiger partial charge in [-0.2, -0.15) is 0 Å². The Morgan fingerprint density at radius 1 is 1.60 bits per heavy atom. The molecule has 0 bridgehead atoms. The summed E-state index contributed by atoms with van der Waals surface area (Å²) in [7, 11) is 1.41. The summed E-state index contributed by atoms with van der Waals surface area (Å²) in [5.41, 5.74) is 0. The second-order valence-corrected chi connectivity index (χ2v) is 4.46. The van der Waals surface area contributed by atoms with E-state index in [1.807, 2.05) is 12.1 Å². The number of rotatable bonds is 2. The third kappa shape index (κ3) is 2.71. The molecule has 0 amide bonds. The molecule has 5 heteroatoms. The van der Waals surface area contributed by atoms with Crippen molar-refractivity contribution in [1.29, 1.82) is 0 Å². The van der Waals surface area contributed by atoms with Crippen LogP contribution in [-0.2, 0) is 4.74 Å². The third-order valence-electron chi connectivity index (χ3n) is 2.42. The molecular weight excluding hydrogens is 234 g/mol. The third-order valence-corrected chi connectivity index (χ3v) is 3.60. The molecule has 1 saturated heterocycles. The van der Waals surface area contributed by atoms with Crippen molar-refractivity contribution in [3.8, 4) is 0 Å². The van der Waals surface area contributed by atoms with Gasteiger partial charge < -0.3 is 10.1 Å². The van der Waals surface area contributed by atoms with Gasteiger partial charge >= 0.3 is 5.97 Å². The Labute approximate surface area is 99.2 Å². The van der Waals surface area contributed by atoms with E-state index in [0.29, 0.717) is 10.9 Å². The van der Waals surface area contributed by atoms with E-state index in [4.69, 9.17) is 0 Å². The van der Waals surface area contributed by atoms with Gasteiger partial charge in [0.15, 0.2) is 0 Å². The minimum Gasteiger partial charge on any atom is -0.465 e. The van der Waals surface area contributed by atoms with Gasteiger partial charge in [-0.05, 0) is 31.5 Å². The first-order valence-electron chi connectivity index (χ1n) is 4.72. The van der Waals surface area contributed by atoms with Crippen molar-refractivity contribution in [3.05, 3.63) is 21.9 Å². The van der Waals surface area contributed by atoms with Crippen molar-refractivity contribution in [2.24, 2.45) is 0 Å². The van der Waals surface area contributed by atoms with E-state index in [-0.39, 0.29) is 18.4 Å². The van der Waals surface area contributed by atoms with Crippen LogP contribution in [0, 0.1) is 0 Å². The second-order valence-electron chi connectivity index (χ2n) is 3.34. The molecule has 15 heavy (non-hydrogen) atoms. The number of hydrogen-bond donors (Lipinski definition) is 1. The lowest BCUT2D eigenvalue weighted by Gasteiger charge is -2.05. The number of hydrogen-bond acceptors (Lipinski definition) is 4. The molecule has 1 aliphatic heterocycles. The van der Waals surface area contributed by atoms with Crippen LogP contribution < -0.4 is 5.32 Å². The maximum absolute atomic E-state index is 11.2. The zero-order valence-corrected chi connectivity index (χ0v) is 10.1. The predicted octanol–water partition coefficient (Wildman–Crippen LogP) is 2.38. The van der Waals surface area contributed by atoms with Gasteiger partial charge in [-0.25, -0.2) is 4.79 Å². The molecular formula is C10H14ClNO2S. The van der Waals surface area contributed by atoms with Crippen molar-refractivity contribution in [3.63, 3.8) is 0 Å². The molecule has 1 aliphatic rings. The van der Waals surface area contributed by atoms with Crippen LogP contribution in [0.5, 0.6) is 0 Å². The highest BCUT2D eigenvalue weighted by atomic mass is 35.5. The molecule has 1 atom stereocenters. The van der Waals surface area contributed by atoms with Gasteiger partial charge in [-0.15, -0.1) is 23.7 Å². The predicted molar refractivity (Wildman–Crippen MR) is 62.9 cm³/mol. The zero-order valence-electron chi connectivity index (χ0n) is 8.49. The molecule has 1 aromatic heterocycles. The standard InChI is InChI=1S/C10H13NO2S.ClH/c1-13-10(12)9-5-4-8(14-9)7-3-2-6-11-7;/h4-5,7,11H,2-3,6H2,1H3;1H. The van der Waals surface area contributed by atoms with Crippen molar-refractivity contribution >= 4 is 29.7 Å². The largest absolute Gasteiger partial charge is 0.465 e. The van der Waals surface area contributed by atoms with Crippen LogP contribution in [0.4, 0.5) is 0 Å². The molecule has 1 fully saturated rings. The van der Waals surface area contributed by atoms with Crippen molar-refractivity contribution < 1.29 is 9.53 Å². The molecule has 1 unspecified atom stereocenters. The van der Waals surface area contributed by atoms with E-state index in [9.17, 15) is 4.79 Å². The van der Waals surface area contributed by atoms with Crippen molar-refractivity contribution in [1.82, 2.24) is 5.32 Å². The molecule has 84 valence electrons. The van der Waals surface area contributed by atoms with Crippen LogP contribution in [0.15, 0.2) is 12.1 Å². The number of thiophene rings is 1. The fourth-order valence-electron chi connectivity index (χ4n) is 1.68. The van der Waals surface area contributed by atoms with Gasteiger partial charge in [0.2, 0.25) is 0 Å². The van der Waals surface area contributed by atoms with Crippen LogP contribution in [0.1, 0.15) is 33.4 Å². The number of carbonyl (C=O) groups excluding carboxylic acids is 1. The maximum Gasteiger partial charge on any atom is 0.348 e. The van der Waals surface area contributed by atoms with E-state index in [1.165, 1.54) is 36.2 Å². The number of halogens is 1. The van der Waals surface area contributed by atoms with Gasteiger partial charge in [-0.1, -0.05) is 0 Å². The Morgan fingerprint density at radius 3 is 3.00 bits per heavy atom. The Bertz CT molecular complexity index is 334. The minimum absolute atomic E-state index is 0. The highest BCUT2D eigenvalue weighted by Crippen LogP contribution is 2.29. The number of esters is 1. The molecule has 2 rings (SSSR count). The summed E-state index contributed by atoms with van der Waals surface area (Å²) in [6, 6.07) is 4.30. The summed E-state index contributed by atoms with van der Waals surface area (Å²) in [6.45, 7) is 1.08. The fraction of sp³-hybridized carbons (Fsp3) is 0.500. The lowest BCUT2D eigenvalue weighted by molar-refractivity contribution is 0.0606. The first-order valence-corrected chi connectivity index (χ1v) is 5.54. The summed E-state index contributed by atoms with van der Waals surface area (Å²) in [5.74, 6) is -0.237. The van der Waals surface area contributed by atoms with Gasteiger partial charge in [0.1, 0.15) is 4.88 Å². The van der Waals surface area contributed by atoms with Gasteiger partial charge in [-0.3, -0.25) is 0 Å². The molecule has 0 saturated carbocycles. The zero-order chi connectivity index (χ0) is 9.97. The average Bonchev–Trinajstić information content (AvgIpc) is 2.86. The number of nitrogens with one attached hydrogen (secondary N) is 1. The summed E-state index contributed by atoms with van der Waals surface area (Å²) >= 11 is 1.53. The van der Waals surface area contributed by atoms with Crippen LogP contribution in [0.2, 0.25) is 0 Å². The molecule has 1 aromatic rings. The van der Waals surface area contributed by atoms with Crippen LogP contribution in [0.3, 0.4) is 0 Å². The summed E-state index contributed by atoms with van der Waals surface area (Å²) in [5, 5.41) is 3.40. The van der Waals surface area contributed by atoms with E-state index in [1.54, 1.807) is 0 Å².